The van der Waals surface area contributed by atoms with Crippen molar-refractivity contribution >= 4 is 29.9 Å². The van der Waals surface area contributed by atoms with E-state index in [9.17, 15) is 0 Å². The first-order valence-corrected chi connectivity index (χ1v) is 8.17. The minimum Gasteiger partial charge on any atom is -0.359 e. The number of aromatic nitrogens is 2. The molecule has 0 fully saturated rings. The van der Waals surface area contributed by atoms with Crippen molar-refractivity contribution in [3.8, 4) is 0 Å². The van der Waals surface area contributed by atoms with Gasteiger partial charge in [-0.1, -0.05) is 19.0 Å². The third-order valence-corrected chi connectivity index (χ3v) is 3.99. The van der Waals surface area contributed by atoms with Crippen molar-refractivity contribution < 1.29 is 4.52 Å². The Labute approximate surface area is 161 Å². The van der Waals surface area contributed by atoms with Gasteiger partial charge in [0.15, 0.2) is 11.7 Å². The third kappa shape index (κ3) is 5.85. The Bertz CT molecular complexity index is 630. The van der Waals surface area contributed by atoms with Crippen molar-refractivity contribution in [3.05, 3.63) is 41.5 Å². The second-order valence-electron chi connectivity index (χ2n) is 5.70. The lowest BCUT2D eigenvalue weighted by Crippen LogP contribution is -2.36. The summed E-state index contributed by atoms with van der Waals surface area (Å²) in [6.07, 6.45) is 6.27. The fourth-order valence-electron chi connectivity index (χ4n) is 2.55. The van der Waals surface area contributed by atoms with E-state index in [1.54, 1.807) is 7.05 Å². The van der Waals surface area contributed by atoms with Gasteiger partial charge >= 0.3 is 0 Å². The van der Waals surface area contributed by atoms with Gasteiger partial charge in [-0.25, -0.2) is 0 Å². The van der Waals surface area contributed by atoms with E-state index in [1.807, 2.05) is 23.9 Å². The highest BCUT2D eigenvalue weighted by Crippen LogP contribution is 2.22. The Kier molecular flexibility index (Phi) is 8.88. The van der Waals surface area contributed by atoms with Gasteiger partial charge in [-0.05, 0) is 24.5 Å². The molecular formula is C17H28IN5O. The lowest BCUT2D eigenvalue weighted by molar-refractivity contribution is 0.368. The molecule has 0 unspecified atom stereocenters. The number of aliphatic imine (C=N–C) groups is 1. The SMILES string of the molecule is CCC(CC)c1cc(CNC(=NC)NCc2ccn(C)c2)on1.I. The first kappa shape index (κ1) is 20.5. The normalized spacial score (nSPS) is 11.5. The summed E-state index contributed by atoms with van der Waals surface area (Å²) in [4.78, 5) is 4.22. The molecule has 0 saturated heterocycles. The predicted octanol–water partition coefficient (Wildman–Crippen LogP) is 3.40. The van der Waals surface area contributed by atoms with Gasteiger partial charge in [0.05, 0.1) is 12.2 Å². The molecule has 6 nitrogen and oxygen atoms in total. The maximum absolute atomic E-state index is 5.41. The second-order valence-corrected chi connectivity index (χ2v) is 5.70. The largest absolute Gasteiger partial charge is 0.359 e. The molecule has 0 spiro atoms. The molecule has 0 saturated carbocycles. The summed E-state index contributed by atoms with van der Waals surface area (Å²) in [5.41, 5.74) is 2.25. The van der Waals surface area contributed by atoms with Gasteiger partial charge < -0.3 is 19.7 Å². The van der Waals surface area contributed by atoms with Crippen LogP contribution in [0.25, 0.3) is 0 Å². The molecule has 24 heavy (non-hydrogen) atoms. The van der Waals surface area contributed by atoms with Crippen LogP contribution in [0.2, 0.25) is 0 Å². The van der Waals surface area contributed by atoms with E-state index in [-0.39, 0.29) is 24.0 Å². The molecule has 2 aromatic heterocycles. The number of halogens is 1. The van der Waals surface area contributed by atoms with Crippen LogP contribution in [-0.2, 0) is 20.1 Å². The lowest BCUT2D eigenvalue weighted by atomic mass is 9.99. The predicted molar refractivity (Wildman–Crippen MR) is 108 cm³/mol. The van der Waals surface area contributed by atoms with E-state index in [0.29, 0.717) is 12.5 Å². The summed E-state index contributed by atoms with van der Waals surface area (Å²) < 4.78 is 7.44. The summed E-state index contributed by atoms with van der Waals surface area (Å²) in [5.74, 6) is 2.05. The van der Waals surface area contributed by atoms with Crippen LogP contribution in [-0.4, -0.2) is 22.7 Å². The van der Waals surface area contributed by atoms with Crippen molar-refractivity contribution in [3.63, 3.8) is 0 Å². The maximum Gasteiger partial charge on any atom is 0.191 e. The number of guanidine groups is 1. The van der Waals surface area contributed by atoms with Gasteiger partial charge in [0.2, 0.25) is 0 Å². The molecule has 0 radical (unpaired) electrons. The van der Waals surface area contributed by atoms with E-state index in [4.69, 9.17) is 4.52 Å². The van der Waals surface area contributed by atoms with E-state index in [1.165, 1.54) is 5.56 Å². The Hall–Kier alpha value is -1.51. The molecule has 7 heteroatoms. The van der Waals surface area contributed by atoms with Gasteiger partial charge in [0, 0.05) is 45.0 Å². The number of hydrogen-bond donors (Lipinski definition) is 2. The number of aryl methyl sites for hydroxylation is 1. The van der Waals surface area contributed by atoms with Crippen molar-refractivity contribution in [1.82, 2.24) is 20.4 Å². The van der Waals surface area contributed by atoms with E-state index >= 15 is 0 Å². The quantitative estimate of drug-likeness (QED) is 0.390. The number of hydrogen-bond acceptors (Lipinski definition) is 3. The van der Waals surface area contributed by atoms with Gasteiger partial charge in [-0.2, -0.15) is 0 Å². The molecule has 2 heterocycles. The van der Waals surface area contributed by atoms with Gasteiger partial charge in [-0.3, -0.25) is 4.99 Å². The molecule has 2 rings (SSSR count). The first-order valence-electron chi connectivity index (χ1n) is 8.17. The molecule has 134 valence electrons. The van der Waals surface area contributed by atoms with E-state index in [0.717, 1.165) is 36.8 Å². The Morgan fingerprint density at radius 2 is 2.00 bits per heavy atom. The molecule has 0 bridgehead atoms. The Morgan fingerprint density at radius 3 is 2.58 bits per heavy atom. The molecule has 0 aliphatic heterocycles. The van der Waals surface area contributed by atoms with Gasteiger partial charge in [0.1, 0.15) is 0 Å². The van der Waals surface area contributed by atoms with E-state index < -0.39 is 0 Å². The molecule has 2 N–H and O–H groups in total. The first-order chi connectivity index (χ1) is 11.2. The second kappa shape index (κ2) is 10.4. The molecule has 0 aliphatic rings. The minimum atomic E-state index is 0. The zero-order valence-corrected chi connectivity index (χ0v) is 17.2. The lowest BCUT2D eigenvalue weighted by Gasteiger charge is -2.09. The van der Waals surface area contributed by atoms with Gasteiger partial charge in [0.25, 0.3) is 0 Å². The molecule has 0 aromatic carbocycles. The van der Waals surface area contributed by atoms with Crippen LogP contribution in [0.3, 0.4) is 0 Å². The topological polar surface area (TPSA) is 67.4 Å². The van der Waals surface area contributed by atoms with Crippen molar-refractivity contribution in [2.75, 3.05) is 7.05 Å². The standard InChI is InChI=1S/C17H27N5O.HI/c1-5-14(6-2)16-9-15(23-21-16)11-20-17(18-3)19-10-13-7-8-22(4)12-13;/h7-9,12,14H,5-6,10-11H2,1-4H3,(H2,18,19,20);1H. The highest BCUT2D eigenvalue weighted by atomic mass is 127. The maximum atomic E-state index is 5.41. The average molecular weight is 445 g/mol. The number of nitrogens with zero attached hydrogens (tertiary/aromatic N) is 3. The van der Waals surface area contributed by atoms with Crippen LogP contribution in [0.1, 0.15) is 49.6 Å². The van der Waals surface area contributed by atoms with Crippen LogP contribution >= 0.6 is 24.0 Å². The van der Waals surface area contributed by atoms with Crippen molar-refractivity contribution in [2.45, 2.75) is 45.7 Å². The summed E-state index contributed by atoms with van der Waals surface area (Å²) >= 11 is 0. The highest BCUT2D eigenvalue weighted by molar-refractivity contribution is 14.0. The molecule has 0 aliphatic carbocycles. The number of nitrogens with one attached hydrogen (secondary N) is 2. The Morgan fingerprint density at radius 1 is 1.29 bits per heavy atom. The highest BCUT2D eigenvalue weighted by Gasteiger charge is 2.13. The molecule has 2 aromatic rings. The van der Waals surface area contributed by atoms with Crippen molar-refractivity contribution in [2.24, 2.45) is 12.0 Å². The summed E-state index contributed by atoms with van der Waals surface area (Å²) in [6, 6.07) is 4.12. The fourth-order valence-corrected chi connectivity index (χ4v) is 2.55. The summed E-state index contributed by atoms with van der Waals surface area (Å²) in [5, 5.41) is 10.7. The van der Waals surface area contributed by atoms with Crippen LogP contribution < -0.4 is 10.6 Å². The third-order valence-electron chi connectivity index (χ3n) is 3.99. The van der Waals surface area contributed by atoms with Crippen LogP contribution in [0, 0.1) is 0 Å². The number of rotatable bonds is 7. The van der Waals surface area contributed by atoms with Gasteiger partial charge in [-0.15, -0.1) is 24.0 Å². The molecule has 0 amide bonds. The summed E-state index contributed by atoms with van der Waals surface area (Å²) in [6.45, 7) is 5.66. The average Bonchev–Trinajstić information content (AvgIpc) is 3.18. The summed E-state index contributed by atoms with van der Waals surface area (Å²) in [7, 11) is 3.77. The minimum absolute atomic E-state index is 0. The molecule has 0 atom stereocenters. The zero-order valence-electron chi connectivity index (χ0n) is 14.9. The van der Waals surface area contributed by atoms with Crippen LogP contribution in [0.4, 0.5) is 0 Å². The van der Waals surface area contributed by atoms with Crippen LogP contribution in [0.15, 0.2) is 34.0 Å². The fraction of sp³-hybridized carbons (Fsp3) is 0.529. The van der Waals surface area contributed by atoms with Crippen molar-refractivity contribution in [1.29, 1.82) is 0 Å². The smallest absolute Gasteiger partial charge is 0.191 e. The molecular weight excluding hydrogens is 417 g/mol. The van der Waals surface area contributed by atoms with E-state index in [2.05, 4.69) is 46.9 Å². The van der Waals surface area contributed by atoms with Crippen LogP contribution in [0.5, 0.6) is 0 Å². The zero-order chi connectivity index (χ0) is 16.7. The Balaban J connectivity index is 0.00000288. The monoisotopic (exact) mass is 445 g/mol.